The first-order chi connectivity index (χ1) is 19.8. The van der Waals surface area contributed by atoms with Crippen LogP contribution >= 0.6 is 0 Å². The summed E-state index contributed by atoms with van der Waals surface area (Å²) in [5.74, 6) is -1.91. The van der Waals surface area contributed by atoms with Crippen LogP contribution in [0.15, 0.2) is 25.0 Å². The summed E-state index contributed by atoms with van der Waals surface area (Å²) < 4.78 is 54.6. The van der Waals surface area contributed by atoms with E-state index in [4.69, 9.17) is 9.68 Å². The molecule has 0 saturated carbocycles. The molecule has 0 spiro atoms. The van der Waals surface area contributed by atoms with Gasteiger partial charge in [-0.25, -0.2) is 27.5 Å². The van der Waals surface area contributed by atoms with Crippen LogP contribution in [-0.2, 0) is 52.5 Å². The highest BCUT2D eigenvalue weighted by atomic mass is 32.2. The third-order valence-electron chi connectivity index (χ3n) is 7.51. The van der Waals surface area contributed by atoms with Crippen LogP contribution in [0.2, 0.25) is 0 Å². The zero-order valence-corrected chi connectivity index (χ0v) is 25.8. The molecule has 0 N–H and O–H groups in total. The highest BCUT2D eigenvalue weighted by Gasteiger charge is 2.31. The summed E-state index contributed by atoms with van der Waals surface area (Å²) in [7, 11) is -1.49. The van der Waals surface area contributed by atoms with Gasteiger partial charge in [-0.2, -0.15) is 25.4 Å². The van der Waals surface area contributed by atoms with Gasteiger partial charge in [-0.1, -0.05) is 0 Å². The zero-order chi connectivity index (χ0) is 30.7. The molecule has 2 aliphatic heterocycles. The summed E-state index contributed by atoms with van der Waals surface area (Å²) >= 11 is 0. The minimum absolute atomic E-state index is 0.155. The Morgan fingerprint density at radius 2 is 1.05 bits per heavy atom. The number of carbonyl (C=O) groups excluding carboxylic acids is 2. The van der Waals surface area contributed by atoms with E-state index in [0.717, 1.165) is 8.61 Å². The molecule has 2 fully saturated rings. The summed E-state index contributed by atoms with van der Waals surface area (Å²) in [6.07, 6.45) is 9.19. The lowest BCUT2D eigenvalue weighted by Gasteiger charge is -2.31. The van der Waals surface area contributed by atoms with Gasteiger partial charge in [-0.15, -0.1) is 10.1 Å². The first kappa shape index (κ1) is 32.0. The average molecular weight is 631 g/mol. The van der Waals surface area contributed by atoms with Crippen molar-refractivity contribution in [3.63, 3.8) is 0 Å². The van der Waals surface area contributed by atoms with Gasteiger partial charge in [0.05, 0.1) is 11.4 Å². The van der Waals surface area contributed by atoms with Crippen molar-refractivity contribution in [2.24, 2.45) is 11.8 Å². The van der Waals surface area contributed by atoms with E-state index in [1.165, 1.54) is 71.3 Å². The smallest absolute Gasteiger partial charge is 0.359 e. The van der Waals surface area contributed by atoms with E-state index in [2.05, 4.69) is 9.97 Å². The molecule has 2 aromatic heterocycles. The van der Waals surface area contributed by atoms with Crippen LogP contribution < -0.4 is 0 Å². The number of imidazole rings is 2. The summed E-state index contributed by atoms with van der Waals surface area (Å²) in [5, 5.41) is 2.84. The predicted octanol–water partition coefficient (Wildman–Crippen LogP) is -0.486. The molecule has 234 valence electrons. The second-order valence-electron chi connectivity index (χ2n) is 10.9. The van der Waals surface area contributed by atoms with Gasteiger partial charge in [-0.3, -0.25) is 0 Å². The monoisotopic (exact) mass is 630 g/mol. The summed E-state index contributed by atoms with van der Waals surface area (Å²) in [5.41, 5.74) is 1.16. The van der Waals surface area contributed by atoms with Crippen LogP contribution in [0, 0.1) is 11.8 Å². The molecule has 0 unspecified atom stereocenters. The maximum absolute atomic E-state index is 12.5. The number of nitrogens with zero attached hydrogens (tertiary/aromatic N) is 8. The number of aromatic nitrogens is 4. The Bertz CT molecular complexity index is 1340. The van der Waals surface area contributed by atoms with Crippen molar-refractivity contribution < 1.29 is 36.1 Å². The lowest BCUT2D eigenvalue weighted by atomic mass is 9.93. The van der Waals surface area contributed by atoms with Gasteiger partial charge in [0.1, 0.15) is 12.7 Å². The van der Waals surface area contributed by atoms with Crippen LogP contribution in [0.25, 0.3) is 0 Å². The standard InChI is InChI=1S/C24H38N8O8S2/c1-27(2)41(35,36)31-17-25-15-21(31)13-19-5-9-29(10-6-19)39-23(33)24(34)40-30-11-7-20(8-12-30)14-22-16-26-18-32(22)42(37,38)28(3)4/h15-20H,5-14H2,1-4H3. The molecule has 0 atom stereocenters. The van der Waals surface area contributed by atoms with Gasteiger partial charge in [0.25, 0.3) is 0 Å². The van der Waals surface area contributed by atoms with Crippen LogP contribution in [-0.4, -0.2) is 120 Å². The van der Waals surface area contributed by atoms with E-state index in [1.54, 1.807) is 0 Å². The molecule has 0 bridgehead atoms. The number of hydroxylamine groups is 4. The first-order valence-corrected chi connectivity index (χ1v) is 16.4. The predicted molar refractivity (Wildman–Crippen MR) is 149 cm³/mol. The van der Waals surface area contributed by atoms with Crippen molar-refractivity contribution in [1.82, 2.24) is 36.6 Å². The van der Waals surface area contributed by atoms with E-state index in [-0.39, 0.29) is 11.8 Å². The lowest BCUT2D eigenvalue weighted by Crippen LogP contribution is -2.42. The number of rotatable bonds is 10. The topological polar surface area (TPSA) is 169 Å². The van der Waals surface area contributed by atoms with Gasteiger partial charge in [0.15, 0.2) is 0 Å². The largest absolute Gasteiger partial charge is 0.438 e. The fraction of sp³-hybridized carbons (Fsp3) is 0.667. The third-order valence-corrected chi connectivity index (χ3v) is 11.0. The molecule has 4 heterocycles. The zero-order valence-electron chi connectivity index (χ0n) is 24.2. The van der Waals surface area contributed by atoms with E-state index in [1.807, 2.05) is 0 Å². The molecule has 2 aromatic rings. The van der Waals surface area contributed by atoms with E-state index >= 15 is 0 Å². The minimum Gasteiger partial charge on any atom is -0.359 e. The summed E-state index contributed by atoms with van der Waals surface area (Å²) in [6.45, 7) is 1.57. The van der Waals surface area contributed by atoms with Gasteiger partial charge < -0.3 is 9.68 Å². The number of carbonyl (C=O) groups is 2. The third kappa shape index (κ3) is 7.35. The van der Waals surface area contributed by atoms with Gasteiger partial charge in [0, 0.05) is 66.8 Å². The molecule has 0 aromatic carbocycles. The maximum Gasteiger partial charge on any atom is 0.438 e. The van der Waals surface area contributed by atoms with Crippen molar-refractivity contribution in [3.05, 3.63) is 36.4 Å². The molecule has 0 aliphatic carbocycles. The molecular formula is C24H38N8O8S2. The maximum atomic E-state index is 12.5. The van der Waals surface area contributed by atoms with Crippen molar-refractivity contribution in [1.29, 1.82) is 0 Å². The fourth-order valence-electron chi connectivity index (χ4n) is 4.98. The highest BCUT2D eigenvalue weighted by Crippen LogP contribution is 2.24. The van der Waals surface area contributed by atoms with Crippen molar-refractivity contribution >= 4 is 32.4 Å². The highest BCUT2D eigenvalue weighted by molar-refractivity contribution is 7.87. The minimum atomic E-state index is -3.66. The molecule has 2 aliphatic rings. The van der Waals surface area contributed by atoms with E-state index < -0.39 is 32.4 Å². The Morgan fingerprint density at radius 3 is 1.36 bits per heavy atom. The normalized spacial score (nSPS) is 18.5. The van der Waals surface area contributed by atoms with E-state index in [9.17, 15) is 26.4 Å². The van der Waals surface area contributed by atoms with Crippen LogP contribution in [0.5, 0.6) is 0 Å². The average Bonchev–Trinajstić information content (AvgIpc) is 3.61. The van der Waals surface area contributed by atoms with Crippen molar-refractivity contribution in [3.8, 4) is 0 Å². The Hall–Kier alpha value is -2.90. The number of piperidine rings is 2. The second kappa shape index (κ2) is 13.2. The Morgan fingerprint density at radius 1 is 0.714 bits per heavy atom. The molecule has 42 heavy (non-hydrogen) atoms. The lowest BCUT2D eigenvalue weighted by molar-refractivity contribution is -0.223. The van der Waals surface area contributed by atoms with Crippen LogP contribution in [0.1, 0.15) is 37.1 Å². The summed E-state index contributed by atoms with van der Waals surface area (Å²) in [4.78, 5) is 43.2. The SMILES string of the molecule is CN(C)S(=O)(=O)n1cncc1CC1CCN(OC(=O)C(=O)ON2CCC(Cc3cncn3S(=O)(=O)N(C)C)CC2)CC1. The van der Waals surface area contributed by atoms with Gasteiger partial charge >= 0.3 is 32.4 Å². The molecule has 4 rings (SSSR count). The van der Waals surface area contributed by atoms with Gasteiger partial charge in [0.2, 0.25) is 0 Å². The molecule has 0 radical (unpaired) electrons. The molecule has 2 saturated heterocycles. The fourth-order valence-corrected chi connectivity index (χ4v) is 6.87. The van der Waals surface area contributed by atoms with Crippen LogP contribution in [0.3, 0.4) is 0 Å². The molecular weight excluding hydrogens is 592 g/mol. The number of hydrogen-bond acceptors (Lipinski definition) is 12. The number of hydrogen-bond donors (Lipinski definition) is 0. The van der Waals surface area contributed by atoms with Gasteiger partial charge in [-0.05, 0) is 50.4 Å². The Kier molecular flexibility index (Phi) is 10.0. The quantitative estimate of drug-likeness (QED) is 0.309. The second-order valence-corrected chi connectivity index (χ2v) is 14.9. The first-order valence-electron chi connectivity index (χ1n) is 13.6. The van der Waals surface area contributed by atoms with E-state index in [0.29, 0.717) is 76.1 Å². The Labute approximate surface area is 246 Å². The van der Waals surface area contributed by atoms with Crippen LogP contribution in [0.4, 0.5) is 0 Å². The Balaban J connectivity index is 1.19. The van der Waals surface area contributed by atoms with Crippen molar-refractivity contribution in [2.75, 3.05) is 54.4 Å². The van der Waals surface area contributed by atoms with Crippen molar-refractivity contribution in [2.45, 2.75) is 38.5 Å². The molecule has 18 heteroatoms. The molecule has 16 nitrogen and oxygen atoms in total. The molecule has 0 amide bonds. The summed E-state index contributed by atoms with van der Waals surface area (Å²) in [6, 6.07) is 0.